The molecule has 7 nitrogen and oxygen atoms in total. The van der Waals surface area contributed by atoms with Gasteiger partial charge in [0.05, 0.1) is 28.8 Å². The molecule has 35 heavy (non-hydrogen) atoms. The lowest BCUT2D eigenvalue weighted by Gasteiger charge is -2.26. The van der Waals surface area contributed by atoms with E-state index in [0.717, 1.165) is 16.9 Å². The van der Waals surface area contributed by atoms with Crippen LogP contribution in [0.3, 0.4) is 0 Å². The van der Waals surface area contributed by atoms with E-state index < -0.39 is 18.0 Å². The number of alkyl halides is 3. The van der Waals surface area contributed by atoms with Crippen molar-refractivity contribution in [1.82, 2.24) is 15.3 Å². The molecule has 0 radical (unpaired) electrons. The number of aromatic nitrogens is 2. The number of hydrogen-bond donors (Lipinski definition) is 2. The molecule has 0 bridgehead atoms. The normalized spacial score (nSPS) is 15.7. The van der Waals surface area contributed by atoms with Crippen molar-refractivity contribution in [3.63, 3.8) is 0 Å². The summed E-state index contributed by atoms with van der Waals surface area (Å²) in [4.78, 5) is 23.0. The standard InChI is InChI=1S/C24H22F3N5O2S/c25-24(26,27)23-30-18(20-8-7-17(14-33)35-20)12-21(31-23)32-11-1-2-19(32)22(34)29-10-9-15-3-5-16(13-28)6-4-15/h3-8,12,19,33H,1-2,9-11,14H2,(H,29,34). The van der Waals surface area contributed by atoms with Crippen LogP contribution in [-0.2, 0) is 24.0 Å². The van der Waals surface area contributed by atoms with Gasteiger partial charge in [-0.2, -0.15) is 18.4 Å². The van der Waals surface area contributed by atoms with Gasteiger partial charge in [0.15, 0.2) is 0 Å². The Morgan fingerprint density at radius 2 is 2.00 bits per heavy atom. The van der Waals surface area contributed by atoms with E-state index in [-0.39, 0.29) is 24.0 Å². The maximum atomic E-state index is 13.6. The highest BCUT2D eigenvalue weighted by Crippen LogP contribution is 2.35. The number of benzene rings is 1. The van der Waals surface area contributed by atoms with Crippen LogP contribution in [0.15, 0.2) is 42.5 Å². The van der Waals surface area contributed by atoms with Crippen molar-refractivity contribution in [2.75, 3.05) is 18.0 Å². The van der Waals surface area contributed by atoms with E-state index in [1.54, 1.807) is 29.2 Å². The van der Waals surface area contributed by atoms with Gasteiger partial charge in [-0.05, 0) is 49.1 Å². The zero-order valence-corrected chi connectivity index (χ0v) is 19.4. The molecule has 1 unspecified atom stereocenters. The van der Waals surface area contributed by atoms with Gasteiger partial charge >= 0.3 is 6.18 Å². The minimum absolute atomic E-state index is 0.0472. The summed E-state index contributed by atoms with van der Waals surface area (Å²) in [5.41, 5.74) is 1.61. The van der Waals surface area contributed by atoms with E-state index in [1.807, 2.05) is 12.1 Å². The number of halogens is 3. The predicted molar refractivity (Wildman–Crippen MR) is 125 cm³/mol. The van der Waals surface area contributed by atoms with Crippen molar-refractivity contribution < 1.29 is 23.1 Å². The Balaban J connectivity index is 1.51. The predicted octanol–water partition coefficient (Wildman–Crippen LogP) is 3.92. The maximum Gasteiger partial charge on any atom is 0.451 e. The van der Waals surface area contributed by atoms with Crippen LogP contribution in [0.4, 0.5) is 19.0 Å². The summed E-state index contributed by atoms with van der Waals surface area (Å²) >= 11 is 1.15. The Morgan fingerprint density at radius 3 is 2.66 bits per heavy atom. The van der Waals surface area contributed by atoms with Gasteiger partial charge in [-0.3, -0.25) is 4.79 Å². The van der Waals surface area contributed by atoms with Crippen LogP contribution in [0.5, 0.6) is 0 Å². The number of aliphatic hydroxyl groups excluding tert-OH is 1. The number of nitrogens with one attached hydrogen (secondary N) is 1. The SMILES string of the molecule is N#Cc1ccc(CCNC(=O)C2CCCN2c2cc(-c3ccc(CO)s3)nc(C(F)(F)F)n2)cc1. The van der Waals surface area contributed by atoms with Gasteiger partial charge in [-0.15, -0.1) is 11.3 Å². The van der Waals surface area contributed by atoms with Gasteiger partial charge < -0.3 is 15.3 Å². The van der Waals surface area contributed by atoms with Gasteiger partial charge in [0.1, 0.15) is 11.9 Å². The summed E-state index contributed by atoms with van der Waals surface area (Å²) in [7, 11) is 0. The largest absolute Gasteiger partial charge is 0.451 e. The Bertz CT molecular complexity index is 1240. The molecule has 3 heterocycles. The fourth-order valence-corrected chi connectivity index (χ4v) is 4.77. The highest BCUT2D eigenvalue weighted by atomic mass is 32.1. The lowest BCUT2D eigenvalue weighted by molar-refractivity contribution is -0.144. The molecule has 4 rings (SSSR count). The first kappa shape index (κ1) is 24.6. The van der Waals surface area contributed by atoms with Crippen LogP contribution in [0, 0.1) is 11.3 Å². The van der Waals surface area contributed by atoms with Gasteiger partial charge in [0, 0.05) is 24.0 Å². The Morgan fingerprint density at radius 1 is 1.23 bits per heavy atom. The lowest BCUT2D eigenvalue weighted by Crippen LogP contribution is -2.44. The number of amides is 1. The third-order valence-electron chi connectivity index (χ3n) is 5.68. The van der Waals surface area contributed by atoms with Crippen LogP contribution in [0.25, 0.3) is 10.6 Å². The Kier molecular flexibility index (Phi) is 7.33. The molecule has 0 saturated carbocycles. The molecule has 182 valence electrons. The second kappa shape index (κ2) is 10.4. The van der Waals surface area contributed by atoms with E-state index in [4.69, 9.17) is 5.26 Å². The molecule has 0 aliphatic carbocycles. The third kappa shape index (κ3) is 5.78. The third-order valence-corrected chi connectivity index (χ3v) is 6.77. The molecule has 11 heteroatoms. The molecule has 2 N–H and O–H groups in total. The number of carbonyl (C=O) groups is 1. The fraction of sp³-hybridized carbons (Fsp3) is 0.333. The fourth-order valence-electron chi connectivity index (χ4n) is 3.94. The topological polar surface area (TPSA) is 102 Å². The van der Waals surface area contributed by atoms with Crippen LogP contribution in [0.1, 0.15) is 34.7 Å². The second-order valence-corrected chi connectivity index (χ2v) is 9.23. The number of rotatable bonds is 7. The number of aliphatic hydroxyl groups is 1. The monoisotopic (exact) mass is 501 g/mol. The molecule has 1 atom stereocenters. The summed E-state index contributed by atoms with van der Waals surface area (Å²) in [6.45, 7) is 0.538. The molecule has 1 aliphatic rings. The first-order valence-corrected chi connectivity index (χ1v) is 11.8. The van der Waals surface area contributed by atoms with Crippen LogP contribution >= 0.6 is 11.3 Å². The highest BCUT2D eigenvalue weighted by molar-refractivity contribution is 7.15. The Hall–Kier alpha value is -3.49. The minimum Gasteiger partial charge on any atom is -0.391 e. The van der Waals surface area contributed by atoms with E-state index in [9.17, 15) is 23.1 Å². The number of nitriles is 1. The summed E-state index contributed by atoms with van der Waals surface area (Å²) in [6.07, 6.45) is -3.05. The molecule has 1 fully saturated rings. The van der Waals surface area contributed by atoms with E-state index in [2.05, 4.69) is 21.4 Å². The number of nitrogens with zero attached hydrogens (tertiary/aromatic N) is 4. The molecule has 1 aromatic carbocycles. The minimum atomic E-state index is -4.75. The van der Waals surface area contributed by atoms with Crippen molar-refractivity contribution in [2.45, 2.75) is 38.1 Å². The number of anilines is 1. The lowest BCUT2D eigenvalue weighted by atomic mass is 10.1. The van der Waals surface area contributed by atoms with Gasteiger partial charge in [0.2, 0.25) is 11.7 Å². The molecular weight excluding hydrogens is 479 g/mol. The summed E-state index contributed by atoms with van der Waals surface area (Å²) in [5.74, 6) is -1.50. The van der Waals surface area contributed by atoms with Crippen molar-refractivity contribution in [3.8, 4) is 16.6 Å². The van der Waals surface area contributed by atoms with Crippen LogP contribution < -0.4 is 10.2 Å². The highest BCUT2D eigenvalue weighted by Gasteiger charge is 2.38. The zero-order chi connectivity index (χ0) is 25.0. The van der Waals surface area contributed by atoms with Gasteiger partial charge in [-0.1, -0.05) is 12.1 Å². The average Bonchev–Trinajstić information content (AvgIpc) is 3.54. The van der Waals surface area contributed by atoms with E-state index in [0.29, 0.717) is 47.7 Å². The molecule has 1 amide bonds. The molecule has 1 aliphatic heterocycles. The van der Waals surface area contributed by atoms with Crippen molar-refractivity contribution in [1.29, 1.82) is 5.26 Å². The van der Waals surface area contributed by atoms with Crippen molar-refractivity contribution in [2.24, 2.45) is 0 Å². The molecule has 2 aromatic heterocycles. The molecule has 0 spiro atoms. The van der Waals surface area contributed by atoms with Crippen LogP contribution in [-0.4, -0.2) is 40.1 Å². The summed E-state index contributed by atoms with van der Waals surface area (Å²) in [5, 5.41) is 21.1. The molecule has 3 aromatic rings. The zero-order valence-electron chi connectivity index (χ0n) is 18.5. The second-order valence-electron chi connectivity index (χ2n) is 8.06. The summed E-state index contributed by atoms with van der Waals surface area (Å²) in [6, 6.07) is 13.2. The average molecular weight is 502 g/mol. The van der Waals surface area contributed by atoms with E-state index in [1.165, 1.54) is 6.07 Å². The van der Waals surface area contributed by atoms with Crippen LogP contribution in [0.2, 0.25) is 0 Å². The first-order chi connectivity index (χ1) is 16.8. The van der Waals surface area contributed by atoms with Crippen molar-refractivity contribution >= 4 is 23.1 Å². The van der Waals surface area contributed by atoms with Gasteiger partial charge in [0.25, 0.3) is 0 Å². The number of hydrogen-bond acceptors (Lipinski definition) is 7. The van der Waals surface area contributed by atoms with E-state index >= 15 is 0 Å². The number of carbonyl (C=O) groups excluding carboxylic acids is 1. The Labute approximate surface area is 203 Å². The van der Waals surface area contributed by atoms with Crippen molar-refractivity contribution in [3.05, 3.63) is 64.3 Å². The quantitative estimate of drug-likeness (QED) is 0.509. The molecule has 1 saturated heterocycles. The molecular formula is C24H22F3N5O2S. The maximum absolute atomic E-state index is 13.6. The van der Waals surface area contributed by atoms with Gasteiger partial charge in [-0.25, -0.2) is 9.97 Å². The number of thiophene rings is 1. The first-order valence-electron chi connectivity index (χ1n) is 11.0. The summed E-state index contributed by atoms with van der Waals surface area (Å²) < 4.78 is 40.7. The smallest absolute Gasteiger partial charge is 0.391 e.